The van der Waals surface area contributed by atoms with Gasteiger partial charge < -0.3 is 4.74 Å². The molecule has 0 aliphatic rings. The lowest BCUT2D eigenvalue weighted by Crippen LogP contribution is -1.81. The highest BCUT2D eigenvalue weighted by molar-refractivity contribution is 14.1. The number of benzene rings is 1. The summed E-state index contributed by atoms with van der Waals surface area (Å²) in [6.45, 7) is 0. The summed E-state index contributed by atoms with van der Waals surface area (Å²) in [6.07, 6.45) is 2.03. The molecule has 58 valence electrons. The average molecular weight is 260 g/mol. The number of hydrogen-bond acceptors (Lipinski definition) is 1. The molecule has 1 aromatic carbocycles. The fourth-order valence-electron chi connectivity index (χ4n) is 0.818. The van der Waals surface area contributed by atoms with E-state index < -0.39 is 0 Å². The molecule has 1 nitrogen and oxygen atoms in total. The number of ether oxygens (including phenoxy) is 1. The molecular weight excluding hydrogens is 251 g/mol. The van der Waals surface area contributed by atoms with Gasteiger partial charge >= 0.3 is 0 Å². The topological polar surface area (TPSA) is 9.23 Å². The number of rotatable bonds is 2. The fourth-order valence-corrected chi connectivity index (χ4v) is 1.23. The Bertz CT molecular complexity index is 255. The molecule has 2 heteroatoms. The summed E-state index contributed by atoms with van der Waals surface area (Å²) in [7, 11) is 1.67. The Morgan fingerprint density at radius 1 is 1.45 bits per heavy atom. The quantitative estimate of drug-likeness (QED) is 0.742. The molecule has 11 heavy (non-hydrogen) atoms. The third-order valence-electron chi connectivity index (χ3n) is 1.35. The maximum Gasteiger partial charge on any atom is 0.119 e. The van der Waals surface area contributed by atoms with Crippen LogP contribution >= 0.6 is 22.6 Å². The Hall–Kier alpha value is -0.510. The van der Waals surface area contributed by atoms with Gasteiger partial charge in [0.05, 0.1) is 7.11 Å². The summed E-state index contributed by atoms with van der Waals surface area (Å²) in [4.78, 5) is 0. The minimum atomic E-state index is 0.900. The second-order valence-corrected chi connectivity index (χ2v) is 2.79. The zero-order valence-corrected chi connectivity index (χ0v) is 8.41. The lowest BCUT2D eigenvalue weighted by molar-refractivity contribution is 0.414. The van der Waals surface area contributed by atoms with E-state index in [1.807, 2.05) is 34.4 Å². The summed E-state index contributed by atoms with van der Waals surface area (Å²) in [5.41, 5.74) is 1.17. The van der Waals surface area contributed by atoms with Crippen molar-refractivity contribution >= 4 is 28.7 Å². The third-order valence-corrected chi connectivity index (χ3v) is 1.71. The van der Waals surface area contributed by atoms with Crippen LogP contribution in [0.1, 0.15) is 5.56 Å². The molecule has 0 amide bonds. The van der Waals surface area contributed by atoms with Crippen molar-refractivity contribution in [2.24, 2.45) is 0 Å². The van der Waals surface area contributed by atoms with Crippen molar-refractivity contribution < 1.29 is 4.74 Å². The molecule has 0 aliphatic carbocycles. The first-order valence-corrected chi connectivity index (χ1v) is 4.52. The van der Waals surface area contributed by atoms with Gasteiger partial charge in [-0.25, -0.2) is 0 Å². The van der Waals surface area contributed by atoms with Crippen LogP contribution in [-0.4, -0.2) is 7.11 Å². The molecule has 0 spiro atoms. The van der Waals surface area contributed by atoms with E-state index in [9.17, 15) is 0 Å². The summed E-state index contributed by atoms with van der Waals surface area (Å²) >= 11 is 2.19. The second kappa shape index (κ2) is 4.38. The first kappa shape index (κ1) is 8.59. The van der Waals surface area contributed by atoms with E-state index >= 15 is 0 Å². The van der Waals surface area contributed by atoms with Gasteiger partial charge in [-0.05, 0) is 27.9 Å². The van der Waals surface area contributed by atoms with Crippen LogP contribution < -0.4 is 4.74 Å². The van der Waals surface area contributed by atoms with Crippen molar-refractivity contribution in [2.75, 3.05) is 7.11 Å². The Kier molecular flexibility index (Phi) is 3.42. The van der Waals surface area contributed by atoms with Crippen LogP contribution in [0.5, 0.6) is 5.75 Å². The molecule has 1 aromatic rings. The SMILES string of the molecule is COc1cccc(/C=C/I)c1. The summed E-state index contributed by atoms with van der Waals surface area (Å²) < 4.78 is 7.04. The molecule has 0 heterocycles. The number of methoxy groups -OCH3 is 1. The Morgan fingerprint density at radius 2 is 2.27 bits per heavy atom. The number of halogens is 1. The minimum Gasteiger partial charge on any atom is -0.497 e. The maximum absolute atomic E-state index is 5.06. The Balaban J connectivity index is 2.91. The van der Waals surface area contributed by atoms with E-state index in [0.717, 1.165) is 5.75 Å². The van der Waals surface area contributed by atoms with Crippen molar-refractivity contribution in [1.82, 2.24) is 0 Å². The highest BCUT2D eigenvalue weighted by atomic mass is 127. The maximum atomic E-state index is 5.06. The van der Waals surface area contributed by atoms with E-state index in [4.69, 9.17) is 4.74 Å². The average Bonchev–Trinajstić information content (AvgIpc) is 2.06. The van der Waals surface area contributed by atoms with Gasteiger partial charge in [-0.2, -0.15) is 0 Å². The molecule has 0 saturated carbocycles. The summed E-state index contributed by atoms with van der Waals surface area (Å²) in [5, 5.41) is 0. The van der Waals surface area contributed by atoms with Crippen molar-refractivity contribution in [1.29, 1.82) is 0 Å². The van der Waals surface area contributed by atoms with Gasteiger partial charge in [0.15, 0.2) is 0 Å². The van der Waals surface area contributed by atoms with Gasteiger partial charge in [-0.3, -0.25) is 0 Å². The minimum absolute atomic E-state index is 0.900. The second-order valence-electron chi connectivity index (χ2n) is 2.07. The zero-order chi connectivity index (χ0) is 8.10. The lowest BCUT2D eigenvalue weighted by Gasteiger charge is -1.98. The molecule has 0 aromatic heterocycles. The standard InChI is InChI=1S/C9H9IO/c1-11-9-4-2-3-8(7-9)5-6-10/h2-7H,1H3/b6-5+. The molecule has 0 unspecified atom stereocenters. The molecule has 0 aliphatic heterocycles. The van der Waals surface area contributed by atoms with Gasteiger partial charge in [0.25, 0.3) is 0 Å². The molecule has 0 fully saturated rings. The van der Waals surface area contributed by atoms with Gasteiger partial charge in [0.2, 0.25) is 0 Å². The van der Waals surface area contributed by atoms with Crippen LogP contribution in [0.4, 0.5) is 0 Å². The molecule has 0 bridgehead atoms. The van der Waals surface area contributed by atoms with Crippen LogP contribution in [0.15, 0.2) is 28.3 Å². The van der Waals surface area contributed by atoms with E-state index in [2.05, 4.69) is 22.6 Å². The van der Waals surface area contributed by atoms with E-state index in [0.29, 0.717) is 0 Å². The highest BCUT2D eigenvalue weighted by Crippen LogP contribution is 2.13. The van der Waals surface area contributed by atoms with Crippen molar-refractivity contribution in [3.63, 3.8) is 0 Å². The predicted octanol–water partition coefficient (Wildman–Crippen LogP) is 3.10. The monoisotopic (exact) mass is 260 g/mol. The zero-order valence-electron chi connectivity index (χ0n) is 6.25. The van der Waals surface area contributed by atoms with Crippen LogP contribution in [-0.2, 0) is 0 Å². The largest absolute Gasteiger partial charge is 0.497 e. The van der Waals surface area contributed by atoms with Crippen LogP contribution in [0.25, 0.3) is 6.08 Å². The van der Waals surface area contributed by atoms with Crippen LogP contribution in [0, 0.1) is 0 Å². The lowest BCUT2D eigenvalue weighted by atomic mass is 10.2. The van der Waals surface area contributed by atoms with Crippen molar-refractivity contribution in [3.8, 4) is 5.75 Å². The molecule has 0 N–H and O–H groups in total. The molecule has 0 saturated heterocycles. The molecule has 0 radical (unpaired) electrons. The third kappa shape index (κ3) is 2.54. The molecule has 1 rings (SSSR count). The van der Waals surface area contributed by atoms with Gasteiger partial charge in [-0.15, -0.1) is 0 Å². The van der Waals surface area contributed by atoms with Crippen molar-refractivity contribution in [3.05, 3.63) is 33.9 Å². The van der Waals surface area contributed by atoms with Gasteiger partial charge in [-0.1, -0.05) is 34.7 Å². The van der Waals surface area contributed by atoms with Gasteiger partial charge in [0, 0.05) is 0 Å². The molecular formula is C9H9IO. The van der Waals surface area contributed by atoms with E-state index in [1.165, 1.54) is 5.56 Å². The Morgan fingerprint density at radius 3 is 2.91 bits per heavy atom. The van der Waals surface area contributed by atoms with E-state index in [1.54, 1.807) is 7.11 Å². The van der Waals surface area contributed by atoms with Crippen molar-refractivity contribution in [2.45, 2.75) is 0 Å². The van der Waals surface area contributed by atoms with E-state index in [-0.39, 0.29) is 0 Å². The Labute approximate surface area is 80.2 Å². The molecule has 0 atom stereocenters. The fraction of sp³-hybridized carbons (Fsp3) is 0.111. The summed E-state index contributed by atoms with van der Waals surface area (Å²) in [5.74, 6) is 0.900. The van der Waals surface area contributed by atoms with Crippen LogP contribution in [0.3, 0.4) is 0 Å². The summed E-state index contributed by atoms with van der Waals surface area (Å²) in [6, 6.07) is 7.95. The smallest absolute Gasteiger partial charge is 0.119 e. The normalized spacial score (nSPS) is 10.4. The first-order valence-electron chi connectivity index (χ1n) is 3.27. The first-order chi connectivity index (χ1) is 5.36. The van der Waals surface area contributed by atoms with Gasteiger partial charge in [0.1, 0.15) is 5.75 Å². The predicted molar refractivity (Wildman–Crippen MR) is 56.0 cm³/mol. The highest BCUT2D eigenvalue weighted by Gasteiger charge is 1.89. The van der Waals surface area contributed by atoms with Crippen LogP contribution in [0.2, 0.25) is 0 Å². The number of hydrogen-bond donors (Lipinski definition) is 0.